The molecule has 0 aliphatic rings. The van der Waals surface area contributed by atoms with Gasteiger partial charge in [0.25, 0.3) is 0 Å². The van der Waals surface area contributed by atoms with Gasteiger partial charge in [-0.1, -0.05) is 19.9 Å². The first-order valence-electron chi connectivity index (χ1n) is 5.51. The average molecular weight is 221 g/mol. The van der Waals surface area contributed by atoms with E-state index in [1.54, 1.807) is 12.3 Å². The van der Waals surface area contributed by atoms with Crippen molar-refractivity contribution in [2.45, 2.75) is 20.3 Å². The van der Waals surface area contributed by atoms with E-state index in [2.05, 4.69) is 18.8 Å². The van der Waals surface area contributed by atoms with Crippen LogP contribution in [0.4, 0.5) is 0 Å². The Hall–Kier alpha value is -1.51. The maximum Gasteiger partial charge on any atom is 0.166 e. The topological polar surface area (TPSA) is 41.8 Å². The van der Waals surface area contributed by atoms with Crippen molar-refractivity contribution in [1.82, 2.24) is 0 Å². The van der Waals surface area contributed by atoms with E-state index in [1.807, 2.05) is 12.1 Å². The molecule has 1 aromatic carbocycles. The second-order valence-corrected chi connectivity index (χ2v) is 4.12. The van der Waals surface area contributed by atoms with Gasteiger partial charge in [-0.15, -0.1) is 0 Å². The fraction of sp³-hybridized carbons (Fsp3) is 0.462. The van der Waals surface area contributed by atoms with Gasteiger partial charge in [-0.2, -0.15) is 0 Å². The van der Waals surface area contributed by atoms with Crippen LogP contribution in [0, 0.1) is 5.92 Å². The number of ether oxygens (including phenoxy) is 1. The van der Waals surface area contributed by atoms with Crippen LogP contribution in [-0.4, -0.2) is 25.0 Å². The predicted molar refractivity (Wildman–Crippen MR) is 66.6 cm³/mol. The lowest BCUT2D eigenvalue weighted by Crippen LogP contribution is -1.92. The van der Waals surface area contributed by atoms with Crippen LogP contribution >= 0.6 is 0 Å². The molecular weight excluding hydrogens is 202 g/mol. The van der Waals surface area contributed by atoms with Crippen molar-refractivity contribution in [1.29, 1.82) is 0 Å². The number of nitrogens with zero attached hydrogens (tertiary/aromatic N) is 1. The molecule has 0 atom stereocenters. The molecular formula is C13H19NO2. The first-order valence-corrected chi connectivity index (χ1v) is 5.51. The zero-order valence-corrected chi connectivity index (χ0v) is 10.1. The van der Waals surface area contributed by atoms with Gasteiger partial charge in [-0.3, -0.25) is 4.99 Å². The quantitative estimate of drug-likeness (QED) is 0.777. The summed E-state index contributed by atoms with van der Waals surface area (Å²) in [5, 5.41) is 9.78. The predicted octanol–water partition coefficient (Wildman–Crippen LogP) is 2.87. The number of hydrogen-bond acceptors (Lipinski definition) is 3. The van der Waals surface area contributed by atoms with Crippen molar-refractivity contribution in [3.8, 4) is 11.5 Å². The number of aliphatic imine (C=N–C) groups is 1. The first-order chi connectivity index (χ1) is 7.65. The summed E-state index contributed by atoms with van der Waals surface area (Å²) in [4.78, 5) is 4.28. The smallest absolute Gasteiger partial charge is 0.166 e. The number of benzene rings is 1. The highest BCUT2D eigenvalue weighted by Gasteiger charge is 2.04. The summed E-state index contributed by atoms with van der Waals surface area (Å²) >= 11 is 0. The Kier molecular flexibility index (Phi) is 4.83. The second-order valence-electron chi connectivity index (χ2n) is 4.12. The van der Waals surface area contributed by atoms with Crippen LogP contribution in [0.2, 0.25) is 0 Å². The Morgan fingerprint density at radius 3 is 2.81 bits per heavy atom. The molecule has 3 heteroatoms. The van der Waals surface area contributed by atoms with Crippen molar-refractivity contribution in [3.63, 3.8) is 0 Å². The number of aromatic hydroxyl groups is 1. The molecule has 0 bridgehead atoms. The summed E-state index contributed by atoms with van der Waals surface area (Å²) in [7, 11) is 1.54. The van der Waals surface area contributed by atoms with Gasteiger partial charge in [0.1, 0.15) is 0 Å². The normalized spacial score (nSPS) is 11.2. The number of phenolic OH excluding ortho intramolecular Hbond substituents is 1. The molecule has 0 fully saturated rings. The van der Waals surface area contributed by atoms with Gasteiger partial charge in [0.05, 0.1) is 7.11 Å². The van der Waals surface area contributed by atoms with Gasteiger partial charge in [-0.05, 0) is 24.5 Å². The van der Waals surface area contributed by atoms with E-state index in [4.69, 9.17) is 4.74 Å². The minimum atomic E-state index is 0.151. The Morgan fingerprint density at radius 2 is 2.19 bits per heavy atom. The zero-order chi connectivity index (χ0) is 12.0. The summed E-state index contributed by atoms with van der Waals surface area (Å²) in [5.74, 6) is 1.28. The molecule has 0 aromatic heterocycles. The van der Waals surface area contributed by atoms with Crippen molar-refractivity contribution in [3.05, 3.63) is 23.8 Å². The number of para-hydroxylation sites is 1. The van der Waals surface area contributed by atoms with E-state index in [0.717, 1.165) is 13.0 Å². The standard InChI is InChI=1S/C13H19NO2/c1-10(2)7-8-14-9-11-5-4-6-12(16-3)13(11)15/h4-6,9-10,15H,7-8H2,1-3H3. The summed E-state index contributed by atoms with van der Waals surface area (Å²) in [6.45, 7) is 5.12. The molecule has 0 aliphatic heterocycles. The van der Waals surface area contributed by atoms with E-state index in [9.17, 15) is 5.11 Å². The molecule has 0 saturated carbocycles. The monoisotopic (exact) mass is 221 g/mol. The molecule has 0 heterocycles. The Morgan fingerprint density at radius 1 is 1.44 bits per heavy atom. The van der Waals surface area contributed by atoms with Crippen molar-refractivity contribution < 1.29 is 9.84 Å². The second kappa shape index (κ2) is 6.16. The minimum absolute atomic E-state index is 0.151. The number of hydrogen-bond donors (Lipinski definition) is 1. The molecule has 0 spiro atoms. The van der Waals surface area contributed by atoms with E-state index in [1.165, 1.54) is 7.11 Å². The lowest BCUT2D eigenvalue weighted by molar-refractivity contribution is 0.373. The van der Waals surface area contributed by atoms with Gasteiger partial charge < -0.3 is 9.84 Å². The Labute approximate surface area is 96.8 Å². The molecule has 1 aromatic rings. The van der Waals surface area contributed by atoms with Crippen LogP contribution in [0.25, 0.3) is 0 Å². The third kappa shape index (κ3) is 3.57. The van der Waals surface area contributed by atoms with Gasteiger partial charge >= 0.3 is 0 Å². The van der Waals surface area contributed by atoms with Crippen LogP contribution in [0.5, 0.6) is 11.5 Å². The highest BCUT2D eigenvalue weighted by Crippen LogP contribution is 2.27. The van der Waals surface area contributed by atoms with Gasteiger partial charge in [0.2, 0.25) is 0 Å². The highest BCUT2D eigenvalue weighted by atomic mass is 16.5. The van der Waals surface area contributed by atoms with Crippen molar-refractivity contribution >= 4 is 6.21 Å². The van der Waals surface area contributed by atoms with E-state index in [-0.39, 0.29) is 5.75 Å². The molecule has 3 nitrogen and oxygen atoms in total. The maximum absolute atomic E-state index is 9.78. The summed E-state index contributed by atoms with van der Waals surface area (Å²) < 4.78 is 5.02. The van der Waals surface area contributed by atoms with Gasteiger partial charge in [0.15, 0.2) is 11.5 Å². The zero-order valence-electron chi connectivity index (χ0n) is 10.1. The van der Waals surface area contributed by atoms with Gasteiger partial charge in [-0.25, -0.2) is 0 Å². The fourth-order valence-electron chi connectivity index (χ4n) is 1.30. The van der Waals surface area contributed by atoms with Crippen LogP contribution in [0.1, 0.15) is 25.8 Å². The number of methoxy groups -OCH3 is 1. The SMILES string of the molecule is COc1cccc(C=NCCC(C)C)c1O. The van der Waals surface area contributed by atoms with E-state index >= 15 is 0 Å². The van der Waals surface area contributed by atoms with E-state index < -0.39 is 0 Å². The first kappa shape index (κ1) is 12.6. The molecule has 0 aliphatic carbocycles. The summed E-state index contributed by atoms with van der Waals surface area (Å²) in [6.07, 6.45) is 2.75. The third-order valence-electron chi connectivity index (χ3n) is 2.32. The molecule has 1 N–H and O–H groups in total. The maximum atomic E-state index is 9.78. The van der Waals surface area contributed by atoms with Crippen LogP contribution in [0.15, 0.2) is 23.2 Å². The fourth-order valence-corrected chi connectivity index (χ4v) is 1.30. The van der Waals surface area contributed by atoms with Gasteiger partial charge in [0, 0.05) is 18.3 Å². The summed E-state index contributed by atoms with van der Waals surface area (Å²) in [6, 6.07) is 5.37. The Bertz CT molecular complexity index is 359. The third-order valence-corrected chi connectivity index (χ3v) is 2.32. The van der Waals surface area contributed by atoms with Crippen LogP contribution < -0.4 is 4.74 Å². The minimum Gasteiger partial charge on any atom is -0.504 e. The Balaban J connectivity index is 2.66. The molecule has 0 amide bonds. The van der Waals surface area contributed by atoms with E-state index in [0.29, 0.717) is 17.2 Å². The highest BCUT2D eigenvalue weighted by molar-refractivity contribution is 5.84. The van der Waals surface area contributed by atoms with Crippen LogP contribution in [0.3, 0.4) is 0 Å². The number of phenols is 1. The molecule has 0 unspecified atom stereocenters. The summed E-state index contributed by atoms with van der Waals surface area (Å²) in [5.41, 5.74) is 0.697. The molecule has 16 heavy (non-hydrogen) atoms. The largest absolute Gasteiger partial charge is 0.504 e. The number of rotatable bonds is 5. The molecule has 0 saturated heterocycles. The lowest BCUT2D eigenvalue weighted by atomic mass is 10.1. The van der Waals surface area contributed by atoms with Crippen molar-refractivity contribution in [2.24, 2.45) is 10.9 Å². The lowest BCUT2D eigenvalue weighted by Gasteiger charge is -2.05. The average Bonchev–Trinajstić information content (AvgIpc) is 2.26. The van der Waals surface area contributed by atoms with Crippen LogP contribution in [-0.2, 0) is 0 Å². The van der Waals surface area contributed by atoms with Crippen molar-refractivity contribution in [2.75, 3.05) is 13.7 Å². The molecule has 88 valence electrons. The molecule has 0 radical (unpaired) electrons. The molecule has 1 rings (SSSR count).